The van der Waals surface area contributed by atoms with Crippen LogP contribution in [0.3, 0.4) is 0 Å². The number of rotatable bonds is 7. The zero-order valence-corrected chi connectivity index (χ0v) is 18.4. The molecule has 0 aromatic heterocycles. The van der Waals surface area contributed by atoms with Crippen LogP contribution in [-0.2, 0) is 20.3 Å². The Balaban J connectivity index is 2.14. The predicted molar refractivity (Wildman–Crippen MR) is 107 cm³/mol. The Labute approximate surface area is 174 Å². The van der Waals surface area contributed by atoms with Crippen LogP contribution in [0.15, 0.2) is 0 Å². The summed E-state index contributed by atoms with van der Waals surface area (Å²) in [6, 6.07) is -1.13. The number of halogens is 1. The van der Waals surface area contributed by atoms with E-state index in [0.717, 1.165) is 25.8 Å². The fourth-order valence-corrected chi connectivity index (χ4v) is 5.24. The largest absolute Gasteiger partial charge is 0.388 e. The maximum absolute atomic E-state index is 12.9. The van der Waals surface area contributed by atoms with Crippen molar-refractivity contribution in [1.82, 2.24) is 10.2 Å². The molecule has 4 N–H and O–H groups in total. The Morgan fingerprint density at radius 1 is 1.32 bits per heavy atom. The highest BCUT2D eigenvalue weighted by Crippen LogP contribution is 2.29. The molecule has 28 heavy (non-hydrogen) atoms. The summed E-state index contributed by atoms with van der Waals surface area (Å²) in [5.41, 5.74) is -1.18. The number of carbonyl (C=O) groups excluding carboxylic acids is 1. The first-order valence-corrected chi connectivity index (χ1v) is 11.8. The number of amides is 1. The molecule has 2 rings (SSSR count). The highest BCUT2D eigenvalue weighted by molar-refractivity contribution is 7.84. The first-order chi connectivity index (χ1) is 13.1. The van der Waals surface area contributed by atoms with Crippen molar-refractivity contribution in [2.24, 2.45) is 5.92 Å². The number of alkyl halides is 1. The Hall–Kier alpha value is -0.290. The molecule has 2 heterocycles. The summed E-state index contributed by atoms with van der Waals surface area (Å²) < 4.78 is 17.5. The first-order valence-electron chi connectivity index (χ1n) is 9.75. The van der Waals surface area contributed by atoms with Gasteiger partial charge in [-0.05, 0) is 32.7 Å². The molecular formula is C18H33ClN2O6S. The number of nitrogens with one attached hydrogen (secondary N) is 1. The molecule has 2 fully saturated rings. The number of aliphatic hydroxyl groups excluding tert-OH is 3. The number of likely N-dealkylation sites (tertiary alicyclic amines) is 1. The Morgan fingerprint density at radius 2 is 1.96 bits per heavy atom. The monoisotopic (exact) mass is 440 g/mol. The molecule has 2 saturated heterocycles. The van der Waals surface area contributed by atoms with Crippen LogP contribution >= 0.6 is 11.6 Å². The molecule has 0 aliphatic carbocycles. The zero-order valence-electron chi connectivity index (χ0n) is 16.8. The Bertz CT molecular complexity index is 568. The molecule has 0 aromatic carbocycles. The molecule has 0 spiro atoms. The van der Waals surface area contributed by atoms with Crippen LogP contribution in [0.25, 0.3) is 0 Å². The topological polar surface area (TPSA) is 119 Å². The maximum Gasteiger partial charge on any atom is 0.237 e. The molecule has 10 atom stereocenters. The van der Waals surface area contributed by atoms with Gasteiger partial charge in [0, 0.05) is 12.8 Å². The van der Waals surface area contributed by atoms with E-state index in [1.165, 1.54) is 6.26 Å². The van der Waals surface area contributed by atoms with Crippen molar-refractivity contribution in [3.05, 3.63) is 0 Å². The summed E-state index contributed by atoms with van der Waals surface area (Å²) in [6.07, 6.45) is -1.41. The summed E-state index contributed by atoms with van der Waals surface area (Å²) in [6.45, 7) is 4.61. The molecule has 0 bridgehead atoms. The standard InChI is InChI=1S/C18H33ClN2O6S/c1-5-6-10-7-11(21(3)8-10)17(25)20-12(9(2)19)16-14(23)13(22)15(24)18(27-16)28(4)26/h9-16,18,22-24H,5-8H2,1-4H3,(H,20,25)/t9-,10+,11+,12+,13-,14+,15-,16-,18+,28-/m0/s1. The lowest BCUT2D eigenvalue weighted by molar-refractivity contribution is -0.206. The van der Waals surface area contributed by atoms with Crippen molar-refractivity contribution in [3.63, 3.8) is 0 Å². The van der Waals surface area contributed by atoms with Gasteiger partial charge in [-0.3, -0.25) is 13.9 Å². The number of aliphatic hydroxyl groups is 3. The molecule has 2 aliphatic rings. The fourth-order valence-electron chi connectivity index (χ4n) is 4.19. The van der Waals surface area contributed by atoms with Crippen molar-refractivity contribution in [3.8, 4) is 0 Å². The normalized spacial score (nSPS) is 40.1. The van der Waals surface area contributed by atoms with E-state index < -0.39 is 52.1 Å². The van der Waals surface area contributed by atoms with E-state index in [9.17, 15) is 24.3 Å². The third kappa shape index (κ3) is 5.24. The lowest BCUT2D eigenvalue weighted by Gasteiger charge is -2.43. The van der Waals surface area contributed by atoms with Gasteiger partial charge in [-0.1, -0.05) is 13.3 Å². The molecule has 0 unspecified atom stereocenters. The lowest BCUT2D eigenvalue weighted by Crippen LogP contribution is -2.66. The maximum atomic E-state index is 12.9. The molecule has 0 radical (unpaired) electrons. The molecule has 8 nitrogen and oxygen atoms in total. The van der Waals surface area contributed by atoms with Crippen molar-refractivity contribution in [1.29, 1.82) is 0 Å². The van der Waals surface area contributed by atoms with E-state index in [0.29, 0.717) is 5.92 Å². The average molecular weight is 441 g/mol. The number of carbonyl (C=O) groups is 1. The molecule has 164 valence electrons. The summed E-state index contributed by atoms with van der Waals surface area (Å²) in [5.74, 6) is 0.238. The van der Waals surface area contributed by atoms with Crippen molar-refractivity contribution in [2.45, 2.75) is 80.4 Å². The number of hydrogen-bond acceptors (Lipinski definition) is 7. The van der Waals surface area contributed by atoms with E-state index in [1.54, 1.807) is 6.92 Å². The van der Waals surface area contributed by atoms with Gasteiger partial charge in [0.05, 0.1) is 28.3 Å². The van der Waals surface area contributed by atoms with E-state index >= 15 is 0 Å². The number of ether oxygens (including phenoxy) is 1. The Morgan fingerprint density at radius 3 is 2.50 bits per heavy atom. The average Bonchev–Trinajstić information content (AvgIpc) is 2.98. The summed E-state index contributed by atoms with van der Waals surface area (Å²) in [7, 11) is 0.301. The van der Waals surface area contributed by atoms with E-state index in [1.807, 2.05) is 11.9 Å². The number of likely N-dealkylation sites (N-methyl/N-ethyl adjacent to an activating group) is 1. The number of nitrogens with zero attached hydrogens (tertiary/aromatic N) is 1. The van der Waals surface area contributed by atoms with Gasteiger partial charge in [-0.2, -0.15) is 0 Å². The van der Waals surface area contributed by atoms with Crippen LogP contribution < -0.4 is 5.32 Å². The van der Waals surface area contributed by atoms with Gasteiger partial charge in [-0.15, -0.1) is 11.6 Å². The quantitative estimate of drug-likeness (QED) is 0.390. The minimum absolute atomic E-state index is 0.218. The van der Waals surface area contributed by atoms with Crippen LogP contribution in [0.2, 0.25) is 0 Å². The highest BCUT2D eigenvalue weighted by atomic mass is 35.5. The molecule has 2 aliphatic heterocycles. The summed E-state index contributed by atoms with van der Waals surface area (Å²) >= 11 is 6.28. The van der Waals surface area contributed by atoms with Gasteiger partial charge in [0.25, 0.3) is 0 Å². The SMILES string of the molecule is CCC[C@@H]1C[C@H](C(=O)N[C@@H]([C@@H]2O[C@H]([S@](C)=O)[C@@H](O)[C@@H](O)[C@H]2O)[C@H](C)Cl)N(C)C1. The smallest absolute Gasteiger partial charge is 0.237 e. The van der Waals surface area contributed by atoms with Gasteiger partial charge in [-0.25, -0.2) is 0 Å². The van der Waals surface area contributed by atoms with Gasteiger partial charge in [0.1, 0.15) is 24.4 Å². The van der Waals surface area contributed by atoms with Gasteiger partial charge < -0.3 is 25.4 Å². The van der Waals surface area contributed by atoms with Crippen molar-refractivity contribution in [2.75, 3.05) is 19.8 Å². The van der Waals surface area contributed by atoms with Gasteiger partial charge in [0.15, 0.2) is 5.44 Å². The van der Waals surface area contributed by atoms with E-state index in [4.69, 9.17) is 16.3 Å². The molecule has 10 heteroatoms. The minimum Gasteiger partial charge on any atom is -0.388 e. The van der Waals surface area contributed by atoms with Gasteiger partial charge in [0.2, 0.25) is 5.91 Å². The first kappa shape index (κ1) is 24.0. The van der Waals surface area contributed by atoms with E-state index in [-0.39, 0.29) is 11.9 Å². The number of hydrogen-bond donors (Lipinski definition) is 4. The van der Waals surface area contributed by atoms with Crippen LogP contribution in [0.4, 0.5) is 0 Å². The molecular weight excluding hydrogens is 408 g/mol. The van der Waals surface area contributed by atoms with Crippen LogP contribution in [-0.4, -0.2) is 97.5 Å². The third-order valence-electron chi connectivity index (χ3n) is 5.73. The van der Waals surface area contributed by atoms with Crippen molar-refractivity contribution < 1.29 is 29.1 Å². The zero-order chi connectivity index (χ0) is 21.2. The second kappa shape index (κ2) is 10.1. The second-order valence-electron chi connectivity index (χ2n) is 8.00. The molecule has 1 amide bonds. The lowest BCUT2D eigenvalue weighted by atomic mass is 9.92. The highest BCUT2D eigenvalue weighted by Gasteiger charge is 2.49. The summed E-state index contributed by atoms with van der Waals surface area (Å²) in [5, 5.41) is 32.8. The fraction of sp³-hybridized carbons (Fsp3) is 0.944. The minimum atomic E-state index is -1.60. The van der Waals surface area contributed by atoms with Crippen LogP contribution in [0, 0.1) is 5.92 Å². The van der Waals surface area contributed by atoms with Gasteiger partial charge >= 0.3 is 0 Å². The Kier molecular flexibility index (Phi) is 8.69. The second-order valence-corrected chi connectivity index (χ2v) is 10.1. The molecule has 0 saturated carbocycles. The van der Waals surface area contributed by atoms with Crippen molar-refractivity contribution >= 4 is 28.3 Å². The molecule has 0 aromatic rings. The van der Waals surface area contributed by atoms with Crippen LogP contribution in [0.1, 0.15) is 33.1 Å². The summed E-state index contributed by atoms with van der Waals surface area (Å²) in [4.78, 5) is 14.9. The predicted octanol–water partition coefficient (Wildman–Crippen LogP) is -0.595. The third-order valence-corrected chi connectivity index (χ3v) is 7.04. The van der Waals surface area contributed by atoms with Crippen LogP contribution in [0.5, 0.6) is 0 Å². The van der Waals surface area contributed by atoms with E-state index in [2.05, 4.69) is 12.2 Å².